The minimum atomic E-state index is -1.23. The van der Waals surface area contributed by atoms with Crippen molar-refractivity contribution in [1.82, 2.24) is 19.4 Å². The molecule has 3 heterocycles. The molecule has 1 saturated heterocycles. The number of likely N-dealkylation sites (tertiary alicyclic amines) is 1. The summed E-state index contributed by atoms with van der Waals surface area (Å²) in [6, 6.07) is 1.99. The van der Waals surface area contributed by atoms with Gasteiger partial charge in [0.25, 0.3) is 0 Å². The molecule has 0 bridgehead atoms. The van der Waals surface area contributed by atoms with Gasteiger partial charge >= 0.3 is 6.09 Å². The molecule has 1 amide bonds. The van der Waals surface area contributed by atoms with Gasteiger partial charge in [-0.2, -0.15) is 0 Å². The number of amides is 1. The number of piperidine rings is 1. The Kier molecular flexibility index (Phi) is 6.97. The van der Waals surface area contributed by atoms with E-state index in [1.54, 1.807) is 13.8 Å². The van der Waals surface area contributed by atoms with Gasteiger partial charge in [0.15, 0.2) is 5.79 Å². The first-order valence-corrected chi connectivity index (χ1v) is 14.0. The van der Waals surface area contributed by atoms with Gasteiger partial charge in [-0.3, -0.25) is 0 Å². The van der Waals surface area contributed by atoms with Crippen LogP contribution in [-0.2, 0) is 9.47 Å². The SMILES string of the molecule is CC(C)(C)OC(=O)N1CCC2(CCC/C2=C\[C@@H]2CC(OC(C)(C)O)[C@H](n3ccc4c(N)ncnc43)C2)CC1. The van der Waals surface area contributed by atoms with E-state index in [0.717, 1.165) is 56.2 Å². The Balaban J connectivity index is 1.35. The van der Waals surface area contributed by atoms with Crippen molar-refractivity contribution < 1.29 is 19.4 Å². The maximum absolute atomic E-state index is 12.6. The fraction of sp³-hybridized carbons (Fsp3) is 0.690. The van der Waals surface area contributed by atoms with Crippen LogP contribution in [0.5, 0.6) is 0 Å². The molecule has 2 aromatic rings. The lowest BCUT2D eigenvalue weighted by Gasteiger charge is -2.41. The Morgan fingerprint density at radius 1 is 1.16 bits per heavy atom. The first-order valence-electron chi connectivity index (χ1n) is 14.0. The van der Waals surface area contributed by atoms with Gasteiger partial charge in [-0.15, -0.1) is 0 Å². The molecule has 208 valence electrons. The lowest BCUT2D eigenvalue weighted by atomic mass is 9.73. The van der Waals surface area contributed by atoms with E-state index in [4.69, 9.17) is 15.2 Å². The number of anilines is 1. The summed E-state index contributed by atoms with van der Waals surface area (Å²) in [4.78, 5) is 23.1. The highest BCUT2D eigenvalue weighted by molar-refractivity contribution is 5.86. The monoisotopic (exact) mass is 525 g/mol. The van der Waals surface area contributed by atoms with Gasteiger partial charge in [-0.05, 0) is 97.0 Å². The molecule has 9 nitrogen and oxygen atoms in total. The fourth-order valence-electron chi connectivity index (χ4n) is 6.80. The molecular formula is C29H43N5O4. The van der Waals surface area contributed by atoms with Crippen LogP contribution < -0.4 is 5.73 Å². The minimum Gasteiger partial charge on any atom is -0.444 e. The van der Waals surface area contributed by atoms with Crippen molar-refractivity contribution in [2.75, 3.05) is 18.8 Å². The quantitative estimate of drug-likeness (QED) is 0.416. The summed E-state index contributed by atoms with van der Waals surface area (Å²) >= 11 is 0. The standard InChI is InChI=1S/C29H43N5O4/c1-27(2,3)38-26(35)33-13-10-29(11-14-33)9-6-7-20(29)15-19-16-22(23(17-19)37-28(4,5)36)34-12-8-21-24(30)31-18-32-25(21)34/h8,12,15,18-19,22-23,36H,6-7,9-11,13-14,16-17H2,1-5H3,(H2,30,31,32)/b20-15+/t19-,22+,23?/m0/s1. The third-order valence-corrected chi connectivity index (χ3v) is 8.44. The molecule has 3 fully saturated rings. The first-order chi connectivity index (χ1) is 17.8. The van der Waals surface area contributed by atoms with Crippen LogP contribution in [-0.4, -0.2) is 61.2 Å². The summed E-state index contributed by atoms with van der Waals surface area (Å²) < 4.78 is 14.0. The Morgan fingerprint density at radius 2 is 1.89 bits per heavy atom. The second-order valence-electron chi connectivity index (χ2n) is 12.9. The van der Waals surface area contributed by atoms with Crippen LogP contribution in [0, 0.1) is 11.3 Å². The Labute approximate surface area is 225 Å². The van der Waals surface area contributed by atoms with Crippen molar-refractivity contribution in [2.45, 2.75) is 103 Å². The number of hydrogen-bond donors (Lipinski definition) is 2. The van der Waals surface area contributed by atoms with Crippen LogP contribution in [0.4, 0.5) is 10.6 Å². The zero-order valence-corrected chi connectivity index (χ0v) is 23.4. The smallest absolute Gasteiger partial charge is 0.410 e. The largest absolute Gasteiger partial charge is 0.444 e. The average Bonchev–Trinajstić information content (AvgIpc) is 3.51. The first kappa shape index (κ1) is 26.9. The highest BCUT2D eigenvalue weighted by Crippen LogP contribution is 2.52. The average molecular weight is 526 g/mol. The summed E-state index contributed by atoms with van der Waals surface area (Å²) in [5.41, 5.74) is 8.13. The molecule has 3 N–H and O–H groups in total. The molecule has 2 aromatic heterocycles. The van der Waals surface area contributed by atoms with Gasteiger partial charge in [0.05, 0.1) is 17.5 Å². The molecule has 9 heteroatoms. The molecule has 1 aliphatic heterocycles. The van der Waals surface area contributed by atoms with E-state index in [1.165, 1.54) is 24.7 Å². The van der Waals surface area contributed by atoms with Crippen molar-refractivity contribution in [3.05, 3.63) is 30.2 Å². The molecule has 38 heavy (non-hydrogen) atoms. The van der Waals surface area contributed by atoms with E-state index in [1.807, 2.05) is 37.9 Å². The van der Waals surface area contributed by atoms with Gasteiger partial charge in [-0.1, -0.05) is 11.6 Å². The molecule has 3 atom stereocenters. The van der Waals surface area contributed by atoms with E-state index in [-0.39, 0.29) is 23.7 Å². The number of nitrogens with two attached hydrogens (primary N) is 1. The van der Waals surface area contributed by atoms with E-state index < -0.39 is 11.4 Å². The molecule has 5 rings (SSSR count). The van der Waals surface area contributed by atoms with Gasteiger partial charge in [0.1, 0.15) is 23.4 Å². The normalized spacial score (nSPS) is 27.1. The zero-order chi connectivity index (χ0) is 27.3. The zero-order valence-electron chi connectivity index (χ0n) is 23.4. The second-order valence-corrected chi connectivity index (χ2v) is 12.9. The second kappa shape index (κ2) is 9.83. The summed E-state index contributed by atoms with van der Waals surface area (Å²) in [7, 11) is 0. The number of allylic oxidation sites excluding steroid dienone is 2. The molecule has 1 spiro atoms. The Bertz CT molecular complexity index is 1200. The number of rotatable bonds is 4. The summed E-state index contributed by atoms with van der Waals surface area (Å²) in [5, 5.41) is 11.4. The number of carbonyl (C=O) groups excluding carboxylic acids is 1. The number of aromatic nitrogens is 3. The molecule has 2 saturated carbocycles. The number of ether oxygens (including phenoxy) is 2. The maximum Gasteiger partial charge on any atom is 0.410 e. The van der Waals surface area contributed by atoms with Gasteiger partial charge < -0.3 is 29.8 Å². The molecule has 0 aromatic carbocycles. The molecule has 3 aliphatic rings. The highest BCUT2D eigenvalue weighted by atomic mass is 16.6. The van der Waals surface area contributed by atoms with Crippen molar-refractivity contribution in [1.29, 1.82) is 0 Å². The number of fused-ring (bicyclic) bond motifs is 1. The Morgan fingerprint density at radius 3 is 2.58 bits per heavy atom. The van der Waals surface area contributed by atoms with E-state index in [0.29, 0.717) is 11.7 Å². The topological polar surface area (TPSA) is 116 Å². The number of nitrogen functional groups attached to an aromatic ring is 1. The van der Waals surface area contributed by atoms with Crippen LogP contribution in [0.1, 0.15) is 85.6 Å². The van der Waals surface area contributed by atoms with Crippen LogP contribution in [0.3, 0.4) is 0 Å². The summed E-state index contributed by atoms with van der Waals surface area (Å²) in [5.74, 6) is -0.431. The van der Waals surface area contributed by atoms with Crippen molar-refractivity contribution in [2.24, 2.45) is 11.3 Å². The number of aliphatic hydroxyl groups is 1. The van der Waals surface area contributed by atoms with Gasteiger partial charge in [0, 0.05) is 19.3 Å². The van der Waals surface area contributed by atoms with Crippen LogP contribution in [0.15, 0.2) is 30.2 Å². The lowest BCUT2D eigenvalue weighted by molar-refractivity contribution is -0.210. The molecule has 0 radical (unpaired) electrons. The van der Waals surface area contributed by atoms with E-state index in [2.05, 4.69) is 20.6 Å². The van der Waals surface area contributed by atoms with Crippen LogP contribution in [0.2, 0.25) is 0 Å². The van der Waals surface area contributed by atoms with Crippen LogP contribution >= 0.6 is 0 Å². The van der Waals surface area contributed by atoms with Crippen molar-refractivity contribution in [3.8, 4) is 0 Å². The van der Waals surface area contributed by atoms with Gasteiger partial charge in [-0.25, -0.2) is 14.8 Å². The summed E-state index contributed by atoms with van der Waals surface area (Å²) in [6.07, 6.45) is 12.8. The van der Waals surface area contributed by atoms with Crippen molar-refractivity contribution >= 4 is 22.9 Å². The summed E-state index contributed by atoms with van der Waals surface area (Å²) in [6.45, 7) is 10.6. The predicted octanol–water partition coefficient (Wildman–Crippen LogP) is 5.21. The van der Waals surface area contributed by atoms with E-state index in [9.17, 15) is 9.90 Å². The fourth-order valence-corrected chi connectivity index (χ4v) is 6.80. The molecular weight excluding hydrogens is 482 g/mol. The van der Waals surface area contributed by atoms with Crippen molar-refractivity contribution in [3.63, 3.8) is 0 Å². The third-order valence-electron chi connectivity index (χ3n) is 8.44. The lowest BCUT2D eigenvalue weighted by Crippen LogP contribution is -2.45. The Hall–Kier alpha value is -2.65. The minimum absolute atomic E-state index is 0.0291. The molecule has 2 aliphatic carbocycles. The number of carbonyl (C=O) groups is 1. The number of hydrogen-bond acceptors (Lipinski definition) is 7. The number of nitrogens with zero attached hydrogens (tertiary/aromatic N) is 4. The van der Waals surface area contributed by atoms with E-state index >= 15 is 0 Å². The molecule has 1 unspecified atom stereocenters. The highest BCUT2D eigenvalue weighted by Gasteiger charge is 2.44. The van der Waals surface area contributed by atoms with Crippen LogP contribution in [0.25, 0.3) is 11.0 Å². The third kappa shape index (κ3) is 5.54. The maximum atomic E-state index is 12.6. The van der Waals surface area contributed by atoms with Gasteiger partial charge in [0.2, 0.25) is 0 Å². The predicted molar refractivity (Wildman–Crippen MR) is 146 cm³/mol.